The number of rotatable bonds is 6. The van der Waals surface area contributed by atoms with Crippen LogP contribution in [-0.4, -0.2) is 45.4 Å². The van der Waals surface area contributed by atoms with Gasteiger partial charge in [0.2, 0.25) is 0 Å². The van der Waals surface area contributed by atoms with Crippen LogP contribution >= 0.6 is 23.4 Å². The van der Waals surface area contributed by atoms with Crippen molar-refractivity contribution in [2.24, 2.45) is 0 Å². The van der Waals surface area contributed by atoms with Crippen LogP contribution in [0.4, 0.5) is 0 Å². The SMILES string of the molecule is CSCC(C)(O)CNC(=O)c1cc(-c2ccccc2Cl)n[nH]1. The van der Waals surface area contributed by atoms with Crippen molar-refractivity contribution >= 4 is 29.3 Å². The molecular formula is C15H18ClN3O2S. The molecule has 0 fully saturated rings. The van der Waals surface area contributed by atoms with Gasteiger partial charge in [0, 0.05) is 17.9 Å². The molecule has 0 saturated carbocycles. The Morgan fingerprint density at radius 3 is 2.91 bits per heavy atom. The van der Waals surface area contributed by atoms with Crippen molar-refractivity contribution in [1.82, 2.24) is 15.5 Å². The number of aromatic amines is 1. The average Bonchev–Trinajstić information content (AvgIpc) is 2.95. The number of benzene rings is 1. The van der Waals surface area contributed by atoms with E-state index in [0.717, 1.165) is 5.56 Å². The summed E-state index contributed by atoms with van der Waals surface area (Å²) in [6, 6.07) is 8.93. The van der Waals surface area contributed by atoms with Crippen LogP contribution in [0.15, 0.2) is 30.3 Å². The first-order valence-electron chi connectivity index (χ1n) is 6.73. The number of nitrogens with zero attached hydrogens (tertiary/aromatic N) is 1. The van der Waals surface area contributed by atoms with E-state index in [9.17, 15) is 9.90 Å². The molecule has 0 bridgehead atoms. The molecule has 3 N–H and O–H groups in total. The van der Waals surface area contributed by atoms with Gasteiger partial charge in [0.1, 0.15) is 5.69 Å². The van der Waals surface area contributed by atoms with E-state index < -0.39 is 5.60 Å². The Hall–Kier alpha value is -1.50. The molecule has 7 heteroatoms. The minimum atomic E-state index is -0.944. The van der Waals surface area contributed by atoms with Gasteiger partial charge in [-0.2, -0.15) is 16.9 Å². The van der Waals surface area contributed by atoms with Crippen molar-refractivity contribution in [3.05, 3.63) is 41.0 Å². The highest BCUT2D eigenvalue weighted by Gasteiger charge is 2.21. The summed E-state index contributed by atoms with van der Waals surface area (Å²) in [6.07, 6.45) is 1.90. The van der Waals surface area contributed by atoms with Crippen LogP contribution in [-0.2, 0) is 0 Å². The number of amides is 1. The number of carbonyl (C=O) groups is 1. The number of aliphatic hydroxyl groups is 1. The monoisotopic (exact) mass is 339 g/mol. The number of nitrogens with one attached hydrogen (secondary N) is 2. The fourth-order valence-electron chi connectivity index (χ4n) is 1.97. The summed E-state index contributed by atoms with van der Waals surface area (Å²) in [5.74, 6) is 0.230. The third kappa shape index (κ3) is 4.25. The van der Waals surface area contributed by atoms with Gasteiger partial charge in [0.05, 0.1) is 16.3 Å². The zero-order valence-corrected chi connectivity index (χ0v) is 14.0. The Bertz CT molecular complexity index is 658. The molecular weight excluding hydrogens is 322 g/mol. The molecule has 0 radical (unpaired) electrons. The maximum atomic E-state index is 12.1. The Balaban J connectivity index is 2.05. The lowest BCUT2D eigenvalue weighted by Crippen LogP contribution is -2.42. The van der Waals surface area contributed by atoms with Gasteiger partial charge in [0.15, 0.2) is 0 Å². The molecule has 0 aliphatic rings. The van der Waals surface area contributed by atoms with Gasteiger partial charge in [-0.05, 0) is 25.3 Å². The molecule has 0 aliphatic heterocycles. The Morgan fingerprint density at radius 1 is 1.50 bits per heavy atom. The molecule has 2 rings (SSSR count). The van der Waals surface area contributed by atoms with Crippen LogP contribution in [0.5, 0.6) is 0 Å². The van der Waals surface area contributed by atoms with E-state index in [-0.39, 0.29) is 12.5 Å². The number of hydrogen-bond donors (Lipinski definition) is 3. The second-order valence-corrected chi connectivity index (χ2v) is 6.53. The number of hydrogen-bond acceptors (Lipinski definition) is 4. The van der Waals surface area contributed by atoms with Gasteiger partial charge < -0.3 is 10.4 Å². The average molecular weight is 340 g/mol. The smallest absolute Gasteiger partial charge is 0.269 e. The van der Waals surface area contributed by atoms with Crippen molar-refractivity contribution in [3.63, 3.8) is 0 Å². The van der Waals surface area contributed by atoms with Gasteiger partial charge >= 0.3 is 0 Å². The van der Waals surface area contributed by atoms with Crippen LogP contribution in [0, 0.1) is 0 Å². The lowest BCUT2D eigenvalue weighted by molar-refractivity contribution is 0.0722. The van der Waals surface area contributed by atoms with Crippen LogP contribution in [0.3, 0.4) is 0 Å². The zero-order chi connectivity index (χ0) is 16.2. The standard InChI is InChI=1S/C15H18ClN3O2S/c1-15(21,9-22-2)8-17-14(20)13-7-12(18-19-13)10-5-3-4-6-11(10)16/h3-7,21H,8-9H2,1-2H3,(H,17,20)(H,18,19). The molecule has 0 aliphatic carbocycles. The van der Waals surface area contributed by atoms with E-state index in [0.29, 0.717) is 22.2 Å². The molecule has 1 amide bonds. The number of aromatic nitrogens is 2. The molecule has 1 heterocycles. The van der Waals surface area contributed by atoms with Crippen molar-refractivity contribution < 1.29 is 9.90 Å². The normalized spacial score (nSPS) is 13.6. The highest BCUT2D eigenvalue weighted by atomic mass is 35.5. The first-order valence-corrected chi connectivity index (χ1v) is 8.50. The van der Waals surface area contributed by atoms with Gasteiger partial charge in [-0.25, -0.2) is 0 Å². The number of carbonyl (C=O) groups excluding carboxylic acids is 1. The highest BCUT2D eigenvalue weighted by Crippen LogP contribution is 2.26. The predicted octanol–water partition coefficient (Wildman–Crippen LogP) is 2.57. The summed E-state index contributed by atoms with van der Waals surface area (Å²) in [6.45, 7) is 1.86. The van der Waals surface area contributed by atoms with Gasteiger partial charge in [-0.15, -0.1) is 0 Å². The van der Waals surface area contributed by atoms with Crippen LogP contribution in [0.25, 0.3) is 11.3 Å². The first kappa shape index (κ1) is 16.9. The summed E-state index contributed by atoms with van der Waals surface area (Å²) in [5.41, 5.74) is 0.746. The number of thioether (sulfide) groups is 1. The molecule has 1 unspecified atom stereocenters. The van der Waals surface area contributed by atoms with E-state index in [1.165, 1.54) is 11.8 Å². The lowest BCUT2D eigenvalue weighted by Gasteiger charge is -2.22. The fraction of sp³-hybridized carbons (Fsp3) is 0.333. The molecule has 1 aromatic carbocycles. The van der Waals surface area contributed by atoms with E-state index in [2.05, 4.69) is 15.5 Å². The molecule has 2 aromatic rings. The molecule has 0 spiro atoms. The fourth-order valence-corrected chi connectivity index (χ4v) is 2.93. The number of H-pyrrole nitrogens is 1. The molecule has 1 atom stereocenters. The van der Waals surface area contributed by atoms with Crippen LogP contribution in [0.1, 0.15) is 17.4 Å². The van der Waals surface area contributed by atoms with Crippen LogP contribution in [0.2, 0.25) is 5.02 Å². The van der Waals surface area contributed by atoms with Crippen molar-refractivity contribution in [2.45, 2.75) is 12.5 Å². The topological polar surface area (TPSA) is 78.0 Å². The Morgan fingerprint density at radius 2 is 2.23 bits per heavy atom. The minimum Gasteiger partial charge on any atom is -0.387 e. The molecule has 5 nitrogen and oxygen atoms in total. The maximum absolute atomic E-state index is 12.1. The van der Waals surface area contributed by atoms with Gasteiger partial charge in [-0.3, -0.25) is 9.89 Å². The predicted molar refractivity (Wildman–Crippen MR) is 90.4 cm³/mol. The third-order valence-electron chi connectivity index (χ3n) is 3.06. The summed E-state index contributed by atoms with van der Waals surface area (Å²) in [5, 5.41) is 20.1. The molecule has 1 aromatic heterocycles. The Labute approximate surface area is 138 Å². The largest absolute Gasteiger partial charge is 0.387 e. The second-order valence-electron chi connectivity index (χ2n) is 5.26. The summed E-state index contributed by atoms with van der Waals surface area (Å²) in [7, 11) is 0. The summed E-state index contributed by atoms with van der Waals surface area (Å²) in [4.78, 5) is 12.1. The molecule has 0 saturated heterocycles. The van der Waals surface area contributed by atoms with E-state index in [1.807, 2.05) is 24.5 Å². The Kier molecular flexibility index (Phi) is 5.50. The molecule has 22 heavy (non-hydrogen) atoms. The lowest BCUT2D eigenvalue weighted by atomic mass is 10.1. The third-order valence-corrected chi connectivity index (χ3v) is 4.30. The van der Waals surface area contributed by atoms with Gasteiger partial charge in [0.25, 0.3) is 5.91 Å². The summed E-state index contributed by atoms with van der Waals surface area (Å²) < 4.78 is 0. The summed E-state index contributed by atoms with van der Waals surface area (Å²) >= 11 is 7.64. The maximum Gasteiger partial charge on any atom is 0.269 e. The quantitative estimate of drug-likeness (QED) is 0.756. The van der Waals surface area contributed by atoms with Crippen molar-refractivity contribution in [2.75, 3.05) is 18.6 Å². The van der Waals surface area contributed by atoms with Crippen molar-refractivity contribution in [1.29, 1.82) is 0 Å². The van der Waals surface area contributed by atoms with E-state index in [1.54, 1.807) is 19.1 Å². The van der Waals surface area contributed by atoms with Crippen LogP contribution < -0.4 is 5.32 Å². The minimum absolute atomic E-state index is 0.174. The second kappa shape index (κ2) is 7.17. The highest BCUT2D eigenvalue weighted by molar-refractivity contribution is 7.98. The van der Waals surface area contributed by atoms with E-state index >= 15 is 0 Å². The van der Waals surface area contributed by atoms with Crippen molar-refractivity contribution in [3.8, 4) is 11.3 Å². The number of halogens is 1. The zero-order valence-electron chi connectivity index (χ0n) is 12.4. The van der Waals surface area contributed by atoms with Gasteiger partial charge in [-0.1, -0.05) is 29.8 Å². The molecule has 118 valence electrons. The van der Waals surface area contributed by atoms with E-state index in [4.69, 9.17) is 11.6 Å². The first-order chi connectivity index (χ1) is 10.4.